The lowest BCUT2D eigenvalue weighted by molar-refractivity contribution is 0.312. The zero-order valence-corrected chi connectivity index (χ0v) is 13.4. The van der Waals surface area contributed by atoms with Crippen LogP contribution in [0.25, 0.3) is 11.0 Å². The number of nitrogens with one attached hydrogen (secondary N) is 1. The molecule has 1 N–H and O–H groups in total. The van der Waals surface area contributed by atoms with E-state index in [2.05, 4.69) is 68.9 Å². The second-order valence-electron chi connectivity index (χ2n) is 6.72. The predicted octanol–water partition coefficient (Wildman–Crippen LogP) is 3.62. The Balaban J connectivity index is 2.28. The first-order valence-electron chi connectivity index (χ1n) is 7.56. The summed E-state index contributed by atoms with van der Waals surface area (Å²) in [6.07, 6.45) is 2.13. The SMILES string of the molecule is CCn1c(CC(CC(C)(C)C)NC)nc2ccccc21. The lowest BCUT2D eigenvalue weighted by Crippen LogP contribution is -2.33. The van der Waals surface area contributed by atoms with E-state index >= 15 is 0 Å². The highest BCUT2D eigenvalue weighted by Crippen LogP contribution is 2.23. The van der Waals surface area contributed by atoms with Gasteiger partial charge in [-0.3, -0.25) is 0 Å². The highest BCUT2D eigenvalue weighted by Gasteiger charge is 2.20. The van der Waals surface area contributed by atoms with Gasteiger partial charge in [-0.15, -0.1) is 0 Å². The highest BCUT2D eigenvalue weighted by atomic mass is 15.1. The molecule has 2 aromatic rings. The molecule has 1 aromatic carbocycles. The number of fused-ring (bicyclic) bond motifs is 1. The van der Waals surface area contributed by atoms with E-state index in [1.807, 2.05) is 0 Å². The molecule has 0 spiro atoms. The number of para-hydroxylation sites is 2. The summed E-state index contributed by atoms with van der Waals surface area (Å²) in [7, 11) is 2.05. The van der Waals surface area contributed by atoms with Crippen LogP contribution in [0.4, 0.5) is 0 Å². The fourth-order valence-corrected chi connectivity index (χ4v) is 2.87. The minimum absolute atomic E-state index is 0.330. The Hall–Kier alpha value is -1.35. The Morgan fingerprint density at radius 1 is 1.25 bits per heavy atom. The van der Waals surface area contributed by atoms with Crippen molar-refractivity contribution in [3.63, 3.8) is 0 Å². The van der Waals surface area contributed by atoms with Crippen molar-refractivity contribution in [2.24, 2.45) is 5.41 Å². The van der Waals surface area contributed by atoms with Crippen LogP contribution in [0.2, 0.25) is 0 Å². The fourth-order valence-electron chi connectivity index (χ4n) is 2.87. The van der Waals surface area contributed by atoms with E-state index in [1.165, 1.54) is 11.3 Å². The maximum Gasteiger partial charge on any atom is 0.111 e. The van der Waals surface area contributed by atoms with Crippen molar-refractivity contribution in [2.75, 3.05) is 7.05 Å². The first-order valence-corrected chi connectivity index (χ1v) is 7.56. The van der Waals surface area contributed by atoms with Crippen LogP contribution >= 0.6 is 0 Å². The molecule has 1 heterocycles. The van der Waals surface area contributed by atoms with E-state index in [1.54, 1.807) is 0 Å². The summed E-state index contributed by atoms with van der Waals surface area (Å²) in [6.45, 7) is 10.0. The number of aromatic nitrogens is 2. The predicted molar refractivity (Wildman–Crippen MR) is 86.0 cm³/mol. The Bertz CT molecular complexity index is 563. The number of imidazole rings is 1. The zero-order valence-electron chi connectivity index (χ0n) is 13.4. The molecule has 0 saturated heterocycles. The largest absolute Gasteiger partial charge is 0.328 e. The summed E-state index contributed by atoms with van der Waals surface area (Å²) < 4.78 is 2.34. The summed E-state index contributed by atoms with van der Waals surface area (Å²) >= 11 is 0. The summed E-state index contributed by atoms with van der Waals surface area (Å²) in [6, 6.07) is 8.88. The molecule has 20 heavy (non-hydrogen) atoms. The van der Waals surface area contributed by atoms with Crippen LogP contribution in [-0.4, -0.2) is 22.6 Å². The van der Waals surface area contributed by atoms with Crippen LogP contribution in [0.1, 0.15) is 39.9 Å². The molecule has 0 fully saturated rings. The van der Waals surface area contributed by atoms with Crippen LogP contribution in [-0.2, 0) is 13.0 Å². The van der Waals surface area contributed by atoms with E-state index < -0.39 is 0 Å². The average molecular weight is 273 g/mol. The van der Waals surface area contributed by atoms with Crippen LogP contribution in [0, 0.1) is 5.41 Å². The van der Waals surface area contributed by atoms with Crippen LogP contribution in [0.15, 0.2) is 24.3 Å². The standard InChI is InChI=1S/C17H27N3/c1-6-20-15-10-8-7-9-14(15)19-16(20)11-13(18-5)12-17(2,3)4/h7-10,13,18H,6,11-12H2,1-5H3. The van der Waals surface area contributed by atoms with Gasteiger partial charge in [-0.1, -0.05) is 32.9 Å². The van der Waals surface area contributed by atoms with Crippen molar-refractivity contribution in [3.05, 3.63) is 30.1 Å². The average Bonchev–Trinajstić information content (AvgIpc) is 2.73. The van der Waals surface area contributed by atoms with E-state index in [4.69, 9.17) is 4.98 Å². The summed E-state index contributed by atoms with van der Waals surface area (Å²) in [4.78, 5) is 4.82. The van der Waals surface area contributed by atoms with Gasteiger partial charge in [-0.05, 0) is 37.9 Å². The van der Waals surface area contributed by atoms with Crippen LogP contribution in [0.5, 0.6) is 0 Å². The molecule has 0 aliphatic heterocycles. The second kappa shape index (κ2) is 5.96. The number of benzene rings is 1. The minimum Gasteiger partial charge on any atom is -0.328 e. The maximum absolute atomic E-state index is 4.82. The quantitative estimate of drug-likeness (QED) is 0.901. The molecule has 0 saturated carbocycles. The van der Waals surface area contributed by atoms with Crippen LogP contribution in [0.3, 0.4) is 0 Å². The number of hydrogen-bond acceptors (Lipinski definition) is 2. The van der Waals surface area contributed by atoms with Gasteiger partial charge in [0.2, 0.25) is 0 Å². The molecule has 1 unspecified atom stereocenters. The van der Waals surface area contributed by atoms with Crippen molar-refractivity contribution < 1.29 is 0 Å². The molecule has 0 bridgehead atoms. The number of likely N-dealkylation sites (N-methyl/N-ethyl adjacent to an activating group) is 1. The lowest BCUT2D eigenvalue weighted by Gasteiger charge is -2.25. The van der Waals surface area contributed by atoms with Crippen molar-refractivity contribution in [1.82, 2.24) is 14.9 Å². The van der Waals surface area contributed by atoms with E-state index in [0.29, 0.717) is 11.5 Å². The molecule has 0 radical (unpaired) electrons. The Labute approximate surface area is 122 Å². The van der Waals surface area contributed by atoms with Gasteiger partial charge in [0.1, 0.15) is 5.82 Å². The van der Waals surface area contributed by atoms with Crippen LogP contribution < -0.4 is 5.32 Å². The molecule has 1 aromatic heterocycles. The van der Waals surface area contributed by atoms with Crippen molar-refractivity contribution >= 4 is 11.0 Å². The normalized spacial score (nSPS) is 13.8. The fraction of sp³-hybridized carbons (Fsp3) is 0.588. The molecule has 0 aliphatic carbocycles. The Morgan fingerprint density at radius 3 is 2.55 bits per heavy atom. The first-order chi connectivity index (χ1) is 9.44. The molecular weight excluding hydrogens is 246 g/mol. The molecule has 0 aliphatic rings. The molecule has 0 amide bonds. The topological polar surface area (TPSA) is 29.9 Å². The van der Waals surface area contributed by atoms with Gasteiger partial charge in [0.25, 0.3) is 0 Å². The minimum atomic E-state index is 0.330. The number of rotatable bonds is 5. The third-order valence-corrected chi connectivity index (χ3v) is 3.75. The number of hydrogen-bond donors (Lipinski definition) is 1. The molecule has 3 nitrogen and oxygen atoms in total. The van der Waals surface area contributed by atoms with Crippen molar-refractivity contribution in [1.29, 1.82) is 0 Å². The number of nitrogens with zero attached hydrogens (tertiary/aromatic N) is 2. The highest BCUT2D eigenvalue weighted by molar-refractivity contribution is 5.75. The first kappa shape index (κ1) is 15.0. The molecule has 2 rings (SSSR count). The summed E-state index contributed by atoms with van der Waals surface area (Å²) in [5, 5.41) is 3.45. The van der Waals surface area contributed by atoms with Gasteiger partial charge < -0.3 is 9.88 Å². The monoisotopic (exact) mass is 273 g/mol. The summed E-state index contributed by atoms with van der Waals surface area (Å²) in [5.41, 5.74) is 2.68. The van der Waals surface area contributed by atoms with Gasteiger partial charge in [-0.25, -0.2) is 4.98 Å². The third-order valence-electron chi connectivity index (χ3n) is 3.75. The smallest absolute Gasteiger partial charge is 0.111 e. The van der Waals surface area contributed by atoms with Gasteiger partial charge in [0, 0.05) is 19.0 Å². The van der Waals surface area contributed by atoms with Gasteiger partial charge >= 0.3 is 0 Å². The van der Waals surface area contributed by atoms with Crippen molar-refractivity contribution in [2.45, 2.75) is 53.1 Å². The molecule has 1 atom stereocenters. The molecule has 3 heteroatoms. The van der Waals surface area contributed by atoms with E-state index in [-0.39, 0.29) is 0 Å². The van der Waals surface area contributed by atoms with E-state index in [9.17, 15) is 0 Å². The second-order valence-corrected chi connectivity index (χ2v) is 6.72. The van der Waals surface area contributed by atoms with Crippen molar-refractivity contribution in [3.8, 4) is 0 Å². The maximum atomic E-state index is 4.82. The molecule has 110 valence electrons. The molecular formula is C17H27N3. The van der Waals surface area contributed by atoms with Gasteiger partial charge in [-0.2, -0.15) is 0 Å². The Morgan fingerprint density at radius 2 is 1.95 bits per heavy atom. The third kappa shape index (κ3) is 3.40. The van der Waals surface area contributed by atoms with Gasteiger partial charge in [0.15, 0.2) is 0 Å². The van der Waals surface area contributed by atoms with E-state index in [0.717, 1.165) is 24.9 Å². The number of aryl methyl sites for hydroxylation is 1. The van der Waals surface area contributed by atoms with Gasteiger partial charge in [0.05, 0.1) is 11.0 Å². The zero-order chi connectivity index (χ0) is 14.8. The Kier molecular flexibility index (Phi) is 4.48. The lowest BCUT2D eigenvalue weighted by atomic mass is 9.87. The summed E-state index contributed by atoms with van der Waals surface area (Å²) in [5.74, 6) is 1.19.